The summed E-state index contributed by atoms with van der Waals surface area (Å²) >= 11 is 0. The Morgan fingerprint density at radius 1 is 1.06 bits per heavy atom. The van der Waals surface area contributed by atoms with Crippen molar-refractivity contribution in [1.29, 1.82) is 0 Å². The first-order chi connectivity index (χ1) is 14.6. The highest BCUT2D eigenvalue weighted by molar-refractivity contribution is 6.26. The van der Waals surface area contributed by atoms with Crippen LogP contribution in [0.5, 0.6) is 5.75 Å². The van der Waals surface area contributed by atoms with Crippen molar-refractivity contribution < 1.29 is 28.5 Å². The summed E-state index contributed by atoms with van der Waals surface area (Å²) < 4.78 is 30.5. The Morgan fingerprint density at radius 2 is 1.77 bits per heavy atom. The third-order valence-electron chi connectivity index (χ3n) is 5.64. The van der Waals surface area contributed by atoms with Gasteiger partial charge >= 0.3 is 0 Å². The van der Waals surface area contributed by atoms with Gasteiger partial charge in [0.1, 0.15) is 22.9 Å². The number of aryl methyl sites for hydroxylation is 1. The first-order valence-corrected chi connectivity index (χ1v) is 10.2. The number of methoxy groups -OCH3 is 2. The van der Waals surface area contributed by atoms with Gasteiger partial charge in [-0.1, -0.05) is 25.1 Å². The Balaban J connectivity index is 2.19. The summed E-state index contributed by atoms with van der Waals surface area (Å²) in [7, 11) is 3.04. The zero-order valence-corrected chi connectivity index (χ0v) is 18.8. The summed E-state index contributed by atoms with van der Waals surface area (Å²) in [4.78, 5) is 13.4. The zero-order valence-electron chi connectivity index (χ0n) is 18.8. The number of carbonyl (C=O) groups excluding carboxylic acids is 1. The number of ether oxygens (including phenoxy) is 3. The topological polar surface area (TPSA) is 65.0 Å². The van der Waals surface area contributed by atoms with Crippen LogP contribution in [0.25, 0.3) is 16.7 Å². The SMILES string of the molecule is CCc1cc(-c2cc(F)ccc2OC)ccc1C1=C(O)C(C)(C)OC(C)(COC)C1=O. The molecule has 2 aromatic rings. The second kappa shape index (κ2) is 8.44. The summed E-state index contributed by atoms with van der Waals surface area (Å²) in [5, 5.41) is 11.0. The predicted molar refractivity (Wildman–Crippen MR) is 118 cm³/mol. The summed E-state index contributed by atoms with van der Waals surface area (Å²) in [6.45, 7) is 7.14. The molecular weight excluding hydrogens is 399 g/mol. The molecule has 0 aliphatic carbocycles. The molecule has 166 valence electrons. The van der Waals surface area contributed by atoms with Crippen molar-refractivity contribution in [1.82, 2.24) is 0 Å². The quantitative estimate of drug-likeness (QED) is 0.692. The fraction of sp³-hybridized carbons (Fsp3) is 0.400. The maximum atomic E-state index is 13.9. The van der Waals surface area contributed by atoms with Crippen molar-refractivity contribution in [2.24, 2.45) is 0 Å². The van der Waals surface area contributed by atoms with E-state index >= 15 is 0 Å². The highest BCUT2D eigenvalue weighted by Crippen LogP contribution is 2.42. The minimum atomic E-state index is -1.23. The standard InChI is InChI=1S/C25H29FO5/c1-7-15-12-16(19-13-17(26)9-11-20(19)30-6)8-10-18(15)21-22(27)24(2,3)31-25(4,14-29-5)23(21)28/h8-13,27H,7,14H2,1-6H3. The van der Waals surface area contributed by atoms with Crippen LogP contribution in [0.3, 0.4) is 0 Å². The van der Waals surface area contributed by atoms with Gasteiger partial charge in [0, 0.05) is 12.7 Å². The average Bonchev–Trinajstić information content (AvgIpc) is 2.72. The van der Waals surface area contributed by atoms with Gasteiger partial charge < -0.3 is 19.3 Å². The molecule has 0 saturated carbocycles. The molecule has 0 saturated heterocycles. The Hall–Kier alpha value is -2.70. The molecule has 2 aromatic carbocycles. The number of benzene rings is 2. The molecule has 6 heteroatoms. The van der Waals surface area contributed by atoms with E-state index in [0.29, 0.717) is 23.3 Å². The Morgan fingerprint density at radius 3 is 2.39 bits per heavy atom. The fourth-order valence-electron chi connectivity index (χ4n) is 4.15. The smallest absolute Gasteiger partial charge is 0.200 e. The summed E-state index contributed by atoms with van der Waals surface area (Å²) in [5.74, 6) is -0.266. The summed E-state index contributed by atoms with van der Waals surface area (Å²) in [5.41, 5.74) is 0.783. The van der Waals surface area contributed by atoms with Gasteiger partial charge in [0.15, 0.2) is 5.60 Å². The second-order valence-corrected chi connectivity index (χ2v) is 8.40. The van der Waals surface area contributed by atoms with Gasteiger partial charge in [-0.05, 0) is 62.1 Å². The molecule has 31 heavy (non-hydrogen) atoms. The van der Waals surface area contributed by atoms with Gasteiger partial charge in [0.25, 0.3) is 0 Å². The van der Waals surface area contributed by atoms with E-state index in [9.17, 15) is 14.3 Å². The molecule has 0 fully saturated rings. The molecule has 3 rings (SSSR count). The van der Waals surface area contributed by atoms with Crippen LogP contribution in [0.4, 0.5) is 4.39 Å². The molecule has 1 N–H and O–H groups in total. The van der Waals surface area contributed by atoms with Gasteiger partial charge in [-0.15, -0.1) is 0 Å². The minimum absolute atomic E-state index is 0.0616. The van der Waals surface area contributed by atoms with Crippen LogP contribution in [0, 0.1) is 5.82 Å². The zero-order chi connectivity index (χ0) is 23.0. The highest BCUT2D eigenvalue weighted by Gasteiger charge is 2.50. The Labute approximate surface area is 182 Å². The van der Waals surface area contributed by atoms with Gasteiger partial charge in [-0.2, -0.15) is 0 Å². The lowest BCUT2D eigenvalue weighted by molar-refractivity contribution is -0.173. The number of hydrogen-bond acceptors (Lipinski definition) is 5. The van der Waals surface area contributed by atoms with Gasteiger partial charge in [0.2, 0.25) is 5.78 Å². The van der Waals surface area contributed by atoms with E-state index in [-0.39, 0.29) is 29.5 Å². The summed E-state index contributed by atoms with van der Waals surface area (Å²) in [6.07, 6.45) is 0.604. The van der Waals surface area contributed by atoms with Crippen LogP contribution < -0.4 is 4.74 Å². The third-order valence-corrected chi connectivity index (χ3v) is 5.64. The molecule has 1 unspecified atom stereocenters. The fourth-order valence-corrected chi connectivity index (χ4v) is 4.15. The molecule has 0 bridgehead atoms. The minimum Gasteiger partial charge on any atom is -0.508 e. The first kappa shape index (κ1) is 23.0. The number of aliphatic hydroxyl groups is 1. The molecule has 0 spiro atoms. The molecule has 1 atom stereocenters. The molecule has 5 nitrogen and oxygen atoms in total. The largest absolute Gasteiger partial charge is 0.508 e. The number of Topliss-reactive ketones (excluding diaryl/α,β-unsaturated/α-hetero) is 1. The van der Waals surface area contributed by atoms with Gasteiger partial charge in [-0.25, -0.2) is 4.39 Å². The molecule has 0 aromatic heterocycles. The lowest BCUT2D eigenvalue weighted by Crippen LogP contribution is -2.53. The maximum Gasteiger partial charge on any atom is 0.200 e. The van der Waals surface area contributed by atoms with E-state index in [4.69, 9.17) is 14.2 Å². The van der Waals surface area contributed by atoms with Crippen molar-refractivity contribution in [2.45, 2.75) is 45.3 Å². The van der Waals surface area contributed by atoms with E-state index in [1.807, 2.05) is 13.0 Å². The number of hydrogen-bond donors (Lipinski definition) is 1. The highest BCUT2D eigenvalue weighted by atomic mass is 19.1. The molecule has 0 amide bonds. The van der Waals surface area contributed by atoms with Crippen LogP contribution in [0.2, 0.25) is 0 Å². The monoisotopic (exact) mass is 428 g/mol. The predicted octanol–water partition coefficient (Wildman–Crippen LogP) is 5.12. The first-order valence-electron chi connectivity index (χ1n) is 10.2. The number of aliphatic hydroxyl groups excluding tert-OH is 1. The average molecular weight is 429 g/mol. The molecule has 1 heterocycles. The van der Waals surface area contributed by atoms with Crippen molar-refractivity contribution in [3.05, 3.63) is 59.1 Å². The number of ketones is 1. The molecular formula is C25H29FO5. The van der Waals surface area contributed by atoms with Crippen LogP contribution >= 0.6 is 0 Å². The van der Waals surface area contributed by atoms with E-state index < -0.39 is 11.2 Å². The third kappa shape index (κ3) is 4.10. The lowest BCUT2D eigenvalue weighted by atomic mass is 9.80. The number of rotatable bonds is 6. The van der Waals surface area contributed by atoms with Crippen LogP contribution in [0.1, 0.15) is 38.8 Å². The normalized spacial score (nSPS) is 20.8. The maximum absolute atomic E-state index is 13.9. The van der Waals surface area contributed by atoms with E-state index in [0.717, 1.165) is 11.1 Å². The Bertz CT molecular complexity index is 1040. The van der Waals surface area contributed by atoms with Crippen LogP contribution in [-0.2, 0) is 20.7 Å². The van der Waals surface area contributed by atoms with Crippen molar-refractivity contribution in [2.75, 3.05) is 20.8 Å². The summed E-state index contributed by atoms with van der Waals surface area (Å²) in [6, 6.07) is 9.84. The molecule has 1 aliphatic rings. The van der Waals surface area contributed by atoms with Crippen LogP contribution in [0.15, 0.2) is 42.2 Å². The lowest BCUT2D eigenvalue weighted by Gasteiger charge is -2.42. The van der Waals surface area contributed by atoms with E-state index in [1.54, 1.807) is 39.0 Å². The van der Waals surface area contributed by atoms with Gasteiger partial charge in [0.05, 0.1) is 19.3 Å². The molecule has 1 aliphatic heterocycles. The van der Waals surface area contributed by atoms with E-state index in [2.05, 4.69) is 0 Å². The number of carbonyl (C=O) groups is 1. The molecule has 0 radical (unpaired) electrons. The van der Waals surface area contributed by atoms with Crippen molar-refractivity contribution in [3.63, 3.8) is 0 Å². The van der Waals surface area contributed by atoms with Crippen molar-refractivity contribution in [3.8, 4) is 16.9 Å². The van der Waals surface area contributed by atoms with Crippen molar-refractivity contribution >= 4 is 11.4 Å². The second-order valence-electron chi connectivity index (χ2n) is 8.40. The Kier molecular flexibility index (Phi) is 6.25. The van der Waals surface area contributed by atoms with Crippen LogP contribution in [-0.4, -0.2) is 42.9 Å². The van der Waals surface area contributed by atoms with E-state index in [1.165, 1.54) is 26.4 Å². The van der Waals surface area contributed by atoms with Gasteiger partial charge in [-0.3, -0.25) is 4.79 Å². The number of halogens is 1.